The van der Waals surface area contributed by atoms with Crippen molar-refractivity contribution in [2.45, 2.75) is 75.9 Å². The summed E-state index contributed by atoms with van der Waals surface area (Å²) in [6, 6.07) is 4.96. The number of carbonyl (C=O) groups is 4. The monoisotopic (exact) mass is 1120 g/mol. The number of aryl methyl sites for hydroxylation is 1. The van der Waals surface area contributed by atoms with Crippen molar-refractivity contribution in [2.75, 3.05) is 37.0 Å². The molecule has 1 unspecified atom stereocenters. The van der Waals surface area contributed by atoms with Crippen LogP contribution in [0.5, 0.6) is 0 Å². The van der Waals surface area contributed by atoms with Gasteiger partial charge >= 0.3 is 39.0 Å². The van der Waals surface area contributed by atoms with Gasteiger partial charge in [-0.1, -0.05) is 30.7 Å². The minimum Gasteiger partial charge on any atom is -0.481 e. The van der Waals surface area contributed by atoms with Crippen LogP contribution in [0.1, 0.15) is 65.6 Å². The number of alkyl carbamates (subject to hydrolysis) is 1. The van der Waals surface area contributed by atoms with Crippen molar-refractivity contribution in [3.63, 3.8) is 0 Å². The highest BCUT2D eigenvalue weighted by Gasteiger charge is 2.68. The van der Waals surface area contributed by atoms with Crippen LogP contribution in [-0.4, -0.2) is 107 Å². The third kappa shape index (κ3) is 12.4. The molecule has 3 heterocycles. The summed E-state index contributed by atoms with van der Waals surface area (Å²) in [4.78, 5) is 75.5. The number of alkyl halides is 8. The number of pyridine rings is 1. The average molecular weight is 1120 g/mol. The van der Waals surface area contributed by atoms with E-state index in [4.69, 9.17) is 21.4 Å². The summed E-state index contributed by atoms with van der Waals surface area (Å²) in [6.07, 6.45) is -11.3. The van der Waals surface area contributed by atoms with Crippen molar-refractivity contribution in [3.8, 4) is 11.1 Å². The quantitative estimate of drug-likeness (QED) is 0.0213. The SMILES string of the molecule is CCc1ccc(-c2ccc(Cl)c3c(N(SC)C(=O)N(CCNC(=O)OCOP(O)O)CCC(=O)O)nn(CC(F)(F)F)c23)c(C(Cc2cc(F)cc(F)c2)NC(=O)Cn2nc(C(F)(F)F)c3c2C(F)(F)[C@@H]2C[C@H]32)n1. The number of hydrogen-bond donors (Lipinski definition) is 5. The first-order valence-corrected chi connectivity index (χ1v) is 24.6. The van der Waals surface area contributed by atoms with Crippen LogP contribution < -0.4 is 14.9 Å². The van der Waals surface area contributed by atoms with Crippen LogP contribution in [0.2, 0.25) is 5.02 Å². The molecular formula is C43H41ClF10N9O9PS. The first kappa shape index (κ1) is 55.7. The molecule has 0 spiro atoms. The van der Waals surface area contributed by atoms with E-state index in [-0.39, 0.29) is 56.0 Å². The molecule has 0 aliphatic heterocycles. The largest absolute Gasteiger partial charge is 0.481 e. The molecule has 4 amide bonds. The number of halogens is 11. The van der Waals surface area contributed by atoms with Crippen LogP contribution in [0.25, 0.3) is 22.0 Å². The van der Waals surface area contributed by atoms with E-state index in [2.05, 4.69) is 35.1 Å². The van der Waals surface area contributed by atoms with Crippen molar-refractivity contribution in [2.24, 2.45) is 5.92 Å². The standard InChI is InChI=1S/C43H41ClF10N9O9PS/c1-3-23-4-5-24(34(56-23)29(14-20-12-21(45)15-22(46)13-20)57-30(64)17-61-37-32(36(58-61)43(52,53)54)26-16-27(26)42(37,50)51)25-6-7-28(44)33-35(25)62(18-41(47,48)49)59-38(33)63(74-2)40(68)60(10-8-31(65)66)11-9-55-39(67)71-19-72-73(69)70/h4-7,12-13,15,26-27,29,69-70H,3,8-11,14,16-19H2,1-2H3,(H,55,67)(H,57,64)(H,65,66)/t26-,27+,29?/m0/s1. The number of carboxylic acid groups (broad SMARTS) is 1. The number of nitrogens with one attached hydrogen (secondary N) is 2. The molecule has 3 aromatic heterocycles. The number of carbonyl (C=O) groups excluding carboxylic acids is 3. The summed E-state index contributed by atoms with van der Waals surface area (Å²) in [6.45, 7) is -3.65. The van der Waals surface area contributed by atoms with Crippen LogP contribution in [0.4, 0.5) is 59.3 Å². The third-order valence-corrected chi connectivity index (χ3v) is 13.1. The van der Waals surface area contributed by atoms with Gasteiger partial charge in [0.05, 0.1) is 34.1 Å². The van der Waals surface area contributed by atoms with Gasteiger partial charge in [0.1, 0.15) is 30.4 Å². The molecule has 0 radical (unpaired) electrons. The molecular weight excluding hydrogens is 1080 g/mol. The first-order chi connectivity index (χ1) is 34.7. The second kappa shape index (κ2) is 22.1. The Morgan fingerprint density at radius 1 is 1.00 bits per heavy atom. The molecule has 400 valence electrons. The molecule has 2 aromatic carbocycles. The van der Waals surface area contributed by atoms with Gasteiger partial charge in [-0.3, -0.25) is 28.5 Å². The van der Waals surface area contributed by atoms with Crippen molar-refractivity contribution in [1.29, 1.82) is 0 Å². The summed E-state index contributed by atoms with van der Waals surface area (Å²) < 4.78 is 157. The molecule has 7 rings (SSSR count). The second-order valence-electron chi connectivity index (χ2n) is 16.7. The minimum absolute atomic E-state index is 0.0880. The number of urea groups is 1. The maximum absolute atomic E-state index is 15.5. The van der Waals surface area contributed by atoms with Gasteiger partial charge in [-0.15, -0.1) is 0 Å². The van der Waals surface area contributed by atoms with Crippen molar-refractivity contribution >= 4 is 72.9 Å². The van der Waals surface area contributed by atoms with Gasteiger partial charge in [-0.2, -0.15) is 45.3 Å². The minimum atomic E-state index is -5.18. The maximum Gasteiger partial charge on any atom is 0.435 e. The Labute approximate surface area is 422 Å². The van der Waals surface area contributed by atoms with Crippen LogP contribution in [-0.2, 0) is 56.9 Å². The number of amides is 4. The fourth-order valence-corrected chi connectivity index (χ4v) is 9.61. The normalized spacial score (nSPS) is 16.2. The van der Waals surface area contributed by atoms with E-state index in [0.29, 0.717) is 22.7 Å². The lowest BCUT2D eigenvalue weighted by Gasteiger charge is -2.28. The van der Waals surface area contributed by atoms with Gasteiger partial charge in [0.15, 0.2) is 11.5 Å². The Balaban J connectivity index is 1.33. The van der Waals surface area contributed by atoms with Gasteiger partial charge < -0.3 is 35.2 Å². The predicted molar refractivity (Wildman–Crippen MR) is 243 cm³/mol. The lowest BCUT2D eigenvalue weighted by molar-refractivity contribution is -0.143. The summed E-state index contributed by atoms with van der Waals surface area (Å²) in [5.41, 5.74) is -4.12. The van der Waals surface area contributed by atoms with E-state index < -0.39 is 161 Å². The number of carboxylic acids is 1. The highest BCUT2D eigenvalue weighted by molar-refractivity contribution is 8.00. The Kier molecular flexibility index (Phi) is 16.6. The van der Waals surface area contributed by atoms with Crippen LogP contribution in [0, 0.1) is 17.6 Å². The van der Waals surface area contributed by atoms with Crippen LogP contribution >= 0.6 is 32.2 Å². The van der Waals surface area contributed by atoms with E-state index in [1.807, 2.05) is 0 Å². The predicted octanol–water partition coefficient (Wildman–Crippen LogP) is 8.57. The fraction of sp³-hybridized carbons (Fsp3) is 0.419. The molecule has 18 nitrogen and oxygen atoms in total. The highest BCUT2D eigenvalue weighted by atomic mass is 35.5. The first-order valence-electron chi connectivity index (χ1n) is 21.8. The third-order valence-electron chi connectivity index (χ3n) is 11.7. The number of hydrogen-bond acceptors (Lipinski definition) is 12. The molecule has 0 saturated heterocycles. The van der Waals surface area contributed by atoms with E-state index >= 15 is 8.78 Å². The molecule has 31 heteroatoms. The molecule has 74 heavy (non-hydrogen) atoms. The lowest BCUT2D eigenvalue weighted by Crippen LogP contribution is -2.45. The molecule has 2 aliphatic rings. The Hall–Kier alpha value is -6.00. The Morgan fingerprint density at radius 3 is 2.31 bits per heavy atom. The number of anilines is 1. The number of benzene rings is 2. The van der Waals surface area contributed by atoms with E-state index in [1.54, 1.807) is 6.92 Å². The van der Waals surface area contributed by atoms with Crippen molar-refractivity contribution < 1.29 is 87.2 Å². The van der Waals surface area contributed by atoms with E-state index in [9.17, 15) is 59.4 Å². The zero-order valence-electron chi connectivity index (χ0n) is 38.3. The molecule has 0 bridgehead atoms. The molecule has 1 saturated carbocycles. The van der Waals surface area contributed by atoms with E-state index in [1.165, 1.54) is 30.5 Å². The fourth-order valence-electron chi connectivity index (χ4n) is 8.65. The Bertz CT molecular complexity index is 2950. The maximum atomic E-state index is 15.5. The zero-order chi connectivity index (χ0) is 54.2. The second-order valence-corrected chi connectivity index (χ2v) is 18.6. The number of ether oxygens (including phenoxy) is 1. The highest BCUT2D eigenvalue weighted by Crippen LogP contribution is 2.68. The summed E-state index contributed by atoms with van der Waals surface area (Å²) >= 11 is 7.37. The molecule has 1 fully saturated rings. The summed E-state index contributed by atoms with van der Waals surface area (Å²) in [5.74, 6) is -11.6. The van der Waals surface area contributed by atoms with Crippen molar-refractivity contribution in [1.82, 2.24) is 40.1 Å². The van der Waals surface area contributed by atoms with Gasteiger partial charge in [0, 0.05) is 60.3 Å². The number of aliphatic carboxylic acids is 1. The Morgan fingerprint density at radius 2 is 1.69 bits per heavy atom. The molecule has 5 N–H and O–H groups in total. The van der Waals surface area contributed by atoms with Crippen LogP contribution in [0.3, 0.4) is 0 Å². The average Bonchev–Trinajstić information content (AvgIpc) is 3.81. The number of rotatable bonds is 20. The van der Waals surface area contributed by atoms with Gasteiger partial charge in [-0.25, -0.2) is 22.7 Å². The van der Waals surface area contributed by atoms with Gasteiger partial charge in [0.25, 0.3) is 5.92 Å². The molecule has 3 atom stereocenters. The summed E-state index contributed by atoms with van der Waals surface area (Å²) in [7, 11) is -2.87. The van der Waals surface area contributed by atoms with Crippen LogP contribution in [0.15, 0.2) is 42.5 Å². The van der Waals surface area contributed by atoms with E-state index in [0.717, 1.165) is 21.3 Å². The molecule has 2 aliphatic carbocycles. The summed E-state index contributed by atoms with van der Waals surface area (Å²) in [5, 5.41) is 21.3. The topological polar surface area (TPSA) is 226 Å². The lowest BCUT2D eigenvalue weighted by atomic mass is 9.93. The van der Waals surface area contributed by atoms with Crippen molar-refractivity contribution in [3.05, 3.63) is 93.0 Å². The number of aromatic nitrogens is 5. The number of fused-ring (bicyclic) bond motifs is 4. The smallest absolute Gasteiger partial charge is 0.435 e. The van der Waals surface area contributed by atoms with Gasteiger partial charge in [0.2, 0.25) is 12.7 Å². The molecule has 5 aromatic rings. The zero-order valence-corrected chi connectivity index (χ0v) is 40.7. The van der Waals surface area contributed by atoms with Gasteiger partial charge in [-0.05, 0) is 67.0 Å². The number of nitrogens with zero attached hydrogens (tertiary/aromatic N) is 7.